The maximum Gasteiger partial charge on any atom is 0.123 e. The fourth-order valence-electron chi connectivity index (χ4n) is 2.99. The number of nitrogens with zero attached hydrogens (tertiary/aromatic N) is 2. The molecule has 0 spiro atoms. The van der Waals surface area contributed by atoms with Crippen molar-refractivity contribution in [2.45, 2.75) is 19.1 Å². The molecule has 3 rings (SSSR count). The first kappa shape index (κ1) is 15.6. The van der Waals surface area contributed by atoms with Gasteiger partial charge in [-0.1, -0.05) is 12.1 Å². The van der Waals surface area contributed by atoms with Crippen molar-refractivity contribution in [3.05, 3.63) is 65.9 Å². The summed E-state index contributed by atoms with van der Waals surface area (Å²) in [5.41, 5.74) is 2.58. The first-order valence-corrected chi connectivity index (χ1v) is 7.61. The number of aromatic nitrogens is 2. The third kappa shape index (κ3) is 3.11. The second-order valence-corrected chi connectivity index (χ2v) is 5.73. The summed E-state index contributed by atoms with van der Waals surface area (Å²) in [5, 5.41) is 14.6. The number of rotatable bonds is 5. The molecule has 0 unspecified atom stereocenters. The quantitative estimate of drug-likeness (QED) is 0.761. The number of hydrogen-bond acceptors (Lipinski definition) is 3. The van der Waals surface area contributed by atoms with Crippen LogP contribution in [-0.2, 0) is 0 Å². The third-order valence-electron chi connectivity index (χ3n) is 4.01. The molecule has 5 heteroatoms. The molecule has 23 heavy (non-hydrogen) atoms. The topological polar surface area (TPSA) is 50.1 Å². The molecule has 0 saturated heterocycles. The molecule has 120 valence electrons. The lowest BCUT2D eigenvalue weighted by Crippen LogP contribution is -2.33. The highest BCUT2D eigenvalue weighted by Gasteiger charge is 2.24. The summed E-state index contributed by atoms with van der Waals surface area (Å²) in [7, 11) is 1.78. The Morgan fingerprint density at radius 1 is 1.30 bits per heavy atom. The van der Waals surface area contributed by atoms with Gasteiger partial charge in [0.1, 0.15) is 5.82 Å². The second kappa shape index (κ2) is 6.48. The van der Waals surface area contributed by atoms with E-state index in [0.29, 0.717) is 6.54 Å². The maximum absolute atomic E-state index is 13.7. The molecule has 0 aliphatic heterocycles. The highest BCUT2D eigenvalue weighted by Crippen LogP contribution is 2.28. The van der Waals surface area contributed by atoms with E-state index in [9.17, 15) is 9.50 Å². The number of benzene rings is 1. The SMILES string of the molecule is CNC[C@@H](O)[C@H](c1cccc(F)c1)n1ccc2cc(C)ncc21. The summed E-state index contributed by atoms with van der Waals surface area (Å²) < 4.78 is 15.6. The molecule has 0 saturated carbocycles. The molecule has 4 nitrogen and oxygen atoms in total. The summed E-state index contributed by atoms with van der Waals surface area (Å²) in [6, 6.07) is 9.97. The lowest BCUT2D eigenvalue weighted by Gasteiger charge is -2.26. The maximum atomic E-state index is 13.7. The number of aliphatic hydroxyl groups excluding tert-OH is 1. The van der Waals surface area contributed by atoms with E-state index in [2.05, 4.69) is 10.3 Å². The predicted octanol–water partition coefficient (Wildman–Crippen LogP) is 2.65. The van der Waals surface area contributed by atoms with Crippen LogP contribution in [0.1, 0.15) is 17.3 Å². The van der Waals surface area contributed by atoms with Crippen LogP contribution in [-0.4, -0.2) is 34.4 Å². The van der Waals surface area contributed by atoms with Crippen LogP contribution < -0.4 is 5.32 Å². The van der Waals surface area contributed by atoms with Crippen molar-refractivity contribution in [3.63, 3.8) is 0 Å². The van der Waals surface area contributed by atoms with Gasteiger partial charge in [-0.3, -0.25) is 4.98 Å². The van der Waals surface area contributed by atoms with Crippen LogP contribution in [0.4, 0.5) is 4.39 Å². The Morgan fingerprint density at radius 2 is 2.13 bits per heavy atom. The Hall–Kier alpha value is -2.24. The molecular weight excluding hydrogens is 293 g/mol. The van der Waals surface area contributed by atoms with Crippen LogP contribution in [0.25, 0.3) is 10.9 Å². The lowest BCUT2D eigenvalue weighted by atomic mass is 10.0. The van der Waals surface area contributed by atoms with Crippen molar-refractivity contribution < 1.29 is 9.50 Å². The number of likely N-dealkylation sites (N-methyl/N-ethyl adjacent to an activating group) is 1. The minimum Gasteiger partial charge on any atom is -0.389 e. The first-order valence-electron chi connectivity index (χ1n) is 7.61. The molecule has 3 aromatic rings. The number of hydrogen-bond donors (Lipinski definition) is 2. The molecule has 1 aromatic carbocycles. The van der Waals surface area contributed by atoms with Crippen LogP contribution in [0, 0.1) is 12.7 Å². The van der Waals surface area contributed by atoms with Crippen LogP contribution in [0.2, 0.25) is 0 Å². The lowest BCUT2D eigenvalue weighted by molar-refractivity contribution is 0.132. The normalized spacial score (nSPS) is 14.1. The Balaban J connectivity index is 2.13. The van der Waals surface area contributed by atoms with E-state index in [4.69, 9.17) is 0 Å². The Bertz CT molecular complexity index is 815. The Morgan fingerprint density at radius 3 is 2.87 bits per heavy atom. The molecule has 2 heterocycles. The van der Waals surface area contributed by atoms with Gasteiger partial charge < -0.3 is 15.0 Å². The molecule has 0 radical (unpaired) electrons. The van der Waals surface area contributed by atoms with Gasteiger partial charge >= 0.3 is 0 Å². The molecule has 0 amide bonds. The van der Waals surface area contributed by atoms with Crippen LogP contribution in [0.15, 0.2) is 48.8 Å². The zero-order valence-electron chi connectivity index (χ0n) is 13.2. The number of aliphatic hydroxyl groups is 1. The van der Waals surface area contributed by atoms with Crippen molar-refractivity contribution in [1.82, 2.24) is 14.9 Å². The summed E-state index contributed by atoms with van der Waals surface area (Å²) in [5.74, 6) is -0.311. The predicted molar refractivity (Wildman–Crippen MR) is 88.9 cm³/mol. The highest BCUT2D eigenvalue weighted by molar-refractivity contribution is 5.80. The van der Waals surface area contributed by atoms with Crippen molar-refractivity contribution in [1.29, 1.82) is 0 Å². The van der Waals surface area contributed by atoms with Gasteiger partial charge in [0.25, 0.3) is 0 Å². The summed E-state index contributed by atoms with van der Waals surface area (Å²) in [6.07, 6.45) is 3.02. The highest BCUT2D eigenvalue weighted by atomic mass is 19.1. The summed E-state index contributed by atoms with van der Waals surface area (Å²) in [4.78, 5) is 4.35. The largest absolute Gasteiger partial charge is 0.389 e. The molecule has 0 aliphatic carbocycles. The number of fused-ring (bicyclic) bond motifs is 1. The molecule has 2 N–H and O–H groups in total. The Kier molecular flexibility index (Phi) is 4.41. The molecule has 2 atom stereocenters. The number of halogens is 1. The van der Waals surface area contributed by atoms with Gasteiger partial charge in [-0.15, -0.1) is 0 Å². The van der Waals surface area contributed by atoms with Crippen LogP contribution in [0.5, 0.6) is 0 Å². The van der Waals surface area contributed by atoms with Gasteiger partial charge in [-0.25, -0.2) is 4.39 Å². The summed E-state index contributed by atoms with van der Waals surface area (Å²) >= 11 is 0. The van der Waals surface area contributed by atoms with Gasteiger partial charge in [0.05, 0.1) is 23.9 Å². The molecular formula is C18H20FN3O. The van der Waals surface area contributed by atoms with Crippen molar-refractivity contribution >= 4 is 10.9 Å². The van der Waals surface area contributed by atoms with E-state index < -0.39 is 6.10 Å². The number of nitrogens with one attached hydrogen (secondary N) is 1. The van der Waals surface area contributed by atoms with Gasteiger partial charge in [0, 0.05) is 23.8 Å². The monoisotopic (exact) mass is 313 g/mol. The van der Waals surface area contributed by atoms with Gasteiger partial charge in [-0.2, -0.15) is 0 Å². The van der Waals surface area contributed by atoms with Crippen molar-refractivity contribution in [2.24, 2.45) is 0 Å². The van der Waals surface area contributed by atoms with Gasteiger partial charge in [0.2, 0.25) is 0 Å². The van der Waals surface area contributed by atoms with Gasteiger partial charge in [0.15, 0.2) is 0 Å². The van der Waals surface area contributed by atoms with E-state index in [1.165, 1.54) is 12.1 Å². The average Bonchev–Trinajstić information content (AvgIpc) is 2.91. The van der Waals surface area contributed by atoms with Crippen LogP contribution >= 0.6 is 0 Å². The Labute approximate surface area is 134 Å². The minimum absolute atomic E-state index is 0.311. The molecule has 0 bridgehead atoms. The van der Waals surface area contributed by atoms with Crippen LogP contribution in [0.3, 0.4) is 0 Å². The van der Waals surface area contributed by atoms with E-state index in [1.807, 2.05) is 35.9 Å². The minimum atomic E-state index is -0.696. The molecule has 0 fully saturated rings. The summed E-state index contributed by atoms with van der Waals surface area (Å²) in [6.45, 7) is 2.34. The number of pyridine rings is 1. The second-order valence-electron chi connectivity index (χ2n) is 5.73. The van der Waals surface area contributed by atoms with E-state index in [-0.39, 0.29) is 11.9 Å². The smallest absolute Gasteiger partial charge is 0.123 e. The molecule has 0 aliphatic rings. The first-order chi connectivity index (χ1) is 11.1. The van der Waals surface area contributed by atoms with E-state index in [1.54, 1.807) is 19.3 Å². The average molecular weight is 313 g/mol. The molecule has 2 aromatic heterocycles. The van der Waals surface area contributed by atoms with E-state index >= 15 is 0 Å². The fourth-order valence-corrected chi connectivity index (χ4v) is 2.99. The van der Waals surface area contributed by atoms with Crippen molar-refractivity contribution in [2.75, 3.05) is 13.6 Å². The fraction of sp³-hybridized carbons (Fsp3) is 0.278. The number of aryl methyl sites for hydroxylation is 1. The standard InChI is InChI=1S/C18H20FN3O/c1-12-8-13-6-7-22(16(13)10-21-12)18(17(23)11-20-2)14-4-3-5-15(19)9-14/h3-10,17-18,20,23H,11H2,1-2H3/t17-,18+/m1/s1. The van der Waals surface area contributed by atoms with E-state index in [0.717, 1.165) is 22.2 Å². The van der Waals surface area contributed by atoms with Gasteiger partial charge in [-0.05, 0) is 43.8 Å². The zero-order valence-corrected chi connectivity index (χ0v) is 13.2. The zero-order chi connectivity index (χ0) is 16.4. The van der Waals surface area contributed by atoms with Crippen molar-refractivity contribution in [3.8, 4) is 0 Å². The third-order valence-corrected chi connectivity index (χ3v) is 4.01.